The van der Waals surface area contributed by atoms with E-state index < -0.39 is 0 Å². The van der Waals surface area contributed by atoms with Gasteiger partial charge in [0, 0.05) is 0 Å². The van der Waals surface area contributed by atoms with E-state index in [0.717, 1.165) is 0 Å². The van der Waals surface area contributed by atoms with E-state index in [-0.39, 0.29) is 0 Å². The van der Waals surface area contributed by atoms with E-state index in [4.69, 9.17) is 0 Å². The van der Waals surface area contributed by atoms with Gasteiger partial charge in [0.15, 0.2) is 0 Å². The van der Waals surface area contributed by atoms with Crippen molar-refractivity contribution < 1.29 is 0 Å². The van der Waals surface area contributed by atoms with Crippen LogP contribution in [0, 0.1) is 0 Å². The van der Waals surface area contributed by atoms with Crippen molar-refractivity contribution in [2.45, 2.75) is 12.8 Å². The van der Waals surface area contributed by atoms with Crippen molar-refractivity contribution in [3.05, 3.63) is 32.7 Å². The minimum atomic E-state index is 0.583. The molecule has 0 aliphatic carbocycles. The van der Waals surface area contributed by atoms with Crippen LogP contribution < -0.4 is 0 Å². The van der Waals surface area contributed by atoms with Gasteiger partial charge in [-0.3, -0.25) is 0 Å². The first-order valence-corrected chi connectivity index (χ1v) is 8.13. The summed E-state index contributed by atoms with van der Waals surface area (Å²) in [5.41, 5.74) is 1.66. The van der Waals surface area contributed by atoms with Crippen molar-refractivity contribution in [1.82, 2.24) is 4.90 Å². The van der Waals surface area contributed by atoms with Gasteiger partial charge in [-0.1, -0.05) is 0 Å². The molecule has 84 valence electrons. The van der Waals surface area contributed by atoms with Gasteiger partial charge in [-0.25, -0.2) is 0 Å². The molecule has 16 heavy (non-hydrogen) atoms. The average molecular weight is 343 g/mol. The molecule has 0 fully saturated rings. The molecular formula is C13H14BrNSe. The quantitative estimate of drug-likeness (QED) is 0.665. The number of hydrogen-bond acceptors (Lipinski definition) is 1. The molecule has 0 saturated carbocycles. The number of hydrogen-bond donors (Lipinski definition) is 0. The van der Waals surface area contributed by atoms with Crippen molar-refractivity contribution in [2.24, 2.45) is 0 Å². The number of likely N-dealkylation sites (N-methyl/N-ethyl adjacent to an activating group) is 1. The summed E-state index contributed by atoms with van der Waals surface area (Å²) in [5, 5.41) is 1.54. The molecule has 0 spiro atoms. The van der Waals surface area contributed by atoms with Gasteiger partial charge in [-0.2, -0.15) is 0 Å². The summed E-state index contributed by atoms with van der Waals surface area (Å²) in [4.78, 5) is 2.45. The first kappa shape index (κ1) is 11.0. The Balaban J connectivity index is 2.15. The van der Waals surface area contributed by atoms with E-state index in [1.807, 2.05) is 0 Å². The fraction of sp³-hybridized carbons (Fsp3) is 0.385. The van der Waals surface area contributed by atoms with Gasteiger partial charge in [0.2, 0.25) is 0 Å². The Bertz CT molecular complexity index is 532. The number of rotatable bonds is 0. The van der Waals surface area contributed by atoms with Crippen molar-refractivity contribution in [2.75, 3.05) is 20.1 Å². The van der Waals surface area contributed by atoms with Crippen molar-refractivity contribution in [1.29, 1.82) is 0 Å². The van der Waals surface area contributed by atoms with Crippen LogP contribution in [-0.2, 0) is 12.8 Å². The van der Waals surface area contributed by atoms with Crippen LogP contribution in [0.4, 0.5) is 0 Å². The average Bonchev–Trinajstić information content (AvgIpc) is 2.50. The molecule has 0 N–H and O–H groups in total. The van der Waals surface area contributed by atoms with Crippen LogP contribution in [0.25, 0.3) is 9.65 Å². The number of benzene rings is 1. The van der Waals surface area contributed by atoms with Crippen molar-refractivity contribution >= 4 is 40.1 Å². The minimum absolute atomic E-state index is 0.583. The first-order chi connectivity index (χ1) is 7.74. The van der Waals surface area contributed by atoms with E-state index in [9.17, 15) is 0 Å². The molecule has 2 aromatic rings. The van der Waals surface area contributed by atoms with Gasteiger partial charge >= 0.3 is 111 Å². The monoisotopic (exact) mass is 343 g/mol. The van der Waals surface area contributed by atoms with E-state index in [2.05, 4.69) is 46.1 Å². The Kier molecular flexibility index (Phi) is 2.97. The Morgan fingerprint density at radius 2 is 2.06 bits per heavy atom. The number of nitrogens with zero attached hydrogens (tertiary/aromatic N) is 1. The maximum absolute atomic E-state index is 3.57. The Labute approximate surface area is 110 Å². The third-order valence-corrected chi connectivity index (χ3v) is 6.43. The summed E-state index contributed by atoms with van der Waals surface area (Å²) in [6, 6.07) is 6.79. The zero-order valence-corrected chi connectivity index (χ0v) is 12.6. The zero-order valence-electron chi connectivity index (χ0n) is 9.29. The molecule has 1 nitrogen and oxygen atoms in total. The summed E-state index contributed by atoms with van der Waals surface area (Å²) in [7, 11) is 2.23. The van der Waals surface area contributed by atoms with Gasteiger partial charge in [0.05, 0.1) is 0 Å². The van der Waals surface area contributed by atoms with Crippen LogP contribution in [-0.4, -0.2) is 39.5 Å². The molecule has 0 saturated heterocycles. The van der Waals surface area contributed by atoms with Gasteiger partial charge in [0.25, 0.3) is 0 Å². The molecule has 0 radical (unpaired) electrons. The van der Waals surface area contributed by atoms with Gasteiger partial charge in [-0.05, 0) is 0 Å². The van der Waals surface area contributed by atoms with E-state index >= 15 is 0 Å². The van der Waals surface area contributed by atoms with Crippen molar-refractivity contribution in [3.8, 4) is 0 Å². The maximum atomic E-state index is 3.57. The standard InChI is InChI=1S/C13H14BrNSe/c1-15-6-4-11-10-3-2-9(14)8-13(10)16-12(11)5-7-15/h2-3,8H,4-7H2,1H3. The van der Waals surface area contributed by atoms with Crippen LogP contribution in [0.1, 0.15) is 10.0 Å². The van der Waals surface area contributed by atoms with Gasteiger partial charge < -0.3 is 0 Å². The van der Waals surface area contributed by atoms with Crippen molar-refractivity contribution in [3.63, 3.8) is 0 Å². The van der Waals surface area contributed by atoms with Gasteiger partial charge in [0.1, 0.15) is 0 Å². The van der Waals surface area contributed by atoms with Crippen LogP contribution in [0.5, 0.6) is 0 Å². The van der Waals surface area contributed by atoms with Crippen LogP contribution in [0.3, 0.4) is 0 Å². The van der Waals surface area contributed by atoms with Gasteiger partial charge in [-0.15, -0.1) is 0 Å². The topological polar surface area (TPSA) is 3.24 Å². The predicted octanol–water partition coefficient (Wildman–Crippen LogP) is 2.69. The molecule has 0 bridgehead atoms. The zero-order chi connectivity index (χ0) is 11.1. The SMILES string of the molecule is CN1CCc2[se]c3cc(Br)ccc3c2CC1. The second-order valence-corrected chi connectivity index (χ2v) is 7.75. The summed E-state index contributed by atoms with van der Waals surface area (Å²) in [5.74, 6) is 0. The summed E-state index contributed by atoms with van der Waals surface area (Å²) in [6.45, 7) is 2.44. The molecule has 2 heterocycles. The van der Waals surface area contributed by atoms with E-state index in [1.165, 1.54) is 35.8 Å². The van der Waals surface area contributed by atoms with Crippen LogP contribution in [0.15, 0.2) is 22.7 Å². The second-order valence-electron chi connectivity index (χ2n) is 4.45. The third kappa shape index (κ3) is 1.91. The van der Waals surface area contributed by atoms with Crippen LogP contribution >= 0.6 is 15.9 Å². The predicted molar refractivity (Wildman–Crippen MR) is 73.5 cm³/mol. The fourth-order valence-electron chi connectivity index (χ4n) is 2.36. The first-order valence-electron chi connectivity index (χ1n) is 5.62. The molecule has 0 unspecified atom stereocenters. The molecule has 3 heteroatoms. The third-order valence-electron chi connectivity index (χ3n) is 3.30. The Morgan fingerprint density at radius 1 is 1.25 bits per heavy atom. The molecule has 1 aliphatic heterocycles. The fourth-order valence-corrected chi connectivity index (χ4v) is 5.75. The normalized spacial score (nSPS) is 17.4. The Morgan fingerprint density at radius 3 is 2.94 bits per heavy atom. The summed E-state index contributed by atoms with van der Waals surface area (Å²) < 4.78 is 4.55. The number of fused-ring (bicyclic) bond motifs is 3. The van der Waals surface area contributed by atoms with Crippen LogP contribution in [0.2, 0.25) is 0 Å². The summed E-state index contributed by atoms with van der Waals surface area (Å²) in [6.07, 6.45) is 2.51. The molecule has 1 aromatic carbocycles. The molecular weight excluding hydrogens is 329 g/mol. The molecule has 1 aromatic heterocycles. The van der Waals surface area contributed by atoms with E-state index in [0.29, 0.717) is 14.5 Å². The molecule has 1 aliphatic rings. The molecule has 0 atom stereocenters. The number of halogens is 1. The summed E-state index contributed by atoms with van der Waals surface area (Å²) >= 11 is 4.16. The second kappa shape index (κ2) is 4.30. The molecule has 3 rings (SSSR count). The van der Waals surface area contributed by atoms with E-state index in [1.54, 1.807) is 14.3 Å². The molecule has 0 amide bonds. The Hall–Kier alpha value is -0.0805.